The summed E-state index contributed by atoms with van der Waals surface area (Å²) >= 11 is 5.82. The molecule has 9 heteroatoms. The lowest BCUT2D eigenvalue weighted by atomic mass is 10.4. The number of nitrogens with zero attached hydrogens (tertiary/aromatic N) is 5. The molecule has 0 N–H and O–H groups in total. The molecule has 6 nitrogen and oxygen atoms in total. The second kappa shape index (κ2) is 5.78. The average molecular weight is 366 g/mol. The van der Waals surface area contributed by atoms with Gasteiger partial charge in [-0.2, -0.15) is 9.35 Å². The highest BCUT2D eigenvalue weighted by Crippen LogP contribution is 2.24. The van der Waals surface area contributed by atoms with Crippen LogP contribution >= 0.6 is 11.6 Å². The fourth-order valence-corrected chi connectivity index (χ4v) is 5.01. The first-order chi connectivity index (χ1) is 11.5. The van der Waals surface area contributed by atoms with Crippen LogP contribution in [0.2, 0.25) is 5.28 Å². The monoisotopic (exact) mass is 365 g/mol. The van der Waals surface area contributed by atoms with Crippen molar-refractivity contribution in [2.75, 3.05) is 11.5 Å². The second-order valence-electron chi connectivity index (χ2n) is 5.56. The van der Waals surface area contributed by atoms with E-state index in [1.165, 1.54) is 17.0 Å². The molecule has 1 fully saturated rings. The van der Waals surface area contributed by atoms with Crippen LogP contribution in [-0.4, -0.2) is 35.2 Å². The number of halogens is 2. The maximum atomic E-state index is 14.1. The van der Waals surface area contributed by atoms with E-state index in [-0.39, 0.29) is 10.7 Å². The molecule has 0 bridgehead atoms. The van der Waals surface area contributed by atoms with Crippen LogP contribution in [0, 0.1) is 5.82 Å². The number of pyridine rings is 1. The van der Waals surface area contributed by atoms with Gasteiger partial charge in [0.1, 0.15) is 5.82 Å². The van der Waals surface area contributed by atoms with Crippen LogP contribution in [0.15, 0.2) is 35.0 Å². The highest BCUT2D eigenvalue weighted by Gasteiger charge is 2.17. The van der Waals surface area contributed by atoms with Crippen molar-refractivity contribution in [1.29, 1.82) is 0 Å². The van der Waals surface area contributed by atoms with E-state index in [1.807, 2.05) is 0 Å². The SMILES string of the molecule is O=S1(=Nc2cccc(-n3cc(F)c4cnc(Cl)nc43)n2)CCCC1. The molecule has 1 aliphatic rings. The Kier molecular flexibility index (Phi) is 3.73. The zero-order valence-electron chi connectivity index (χ0n) is 12.5. The average Bonchev–Trinajstić information content (AvgIpc) is 3.11. The molecule has 0 atom stereocenters. The molecule has 0 amide bonds. The van der Waals surface area contributed by atoms with Gasteiger partial charge in [-0.3, -0.25) is 4.57 Å². The third-order valence-electron chi connectivity index (χ3n) is 3.87. The summed E-state index contributed by atoms with van der Waals surface area (Å²) in [5.41, 5.74) is 0.321. The van der Waals surface area contributed by atoms with Crippen molar-refractivity contribution in [3.63, 3.8) is 0 Å². The van der Waals surface area contributed by atoms with Gasteiger partial charge in [0, 0.05) is 23.9 Å². The minimum Gasteiger partial charge on any atom is -0.282 e. The Morgan fingerprint density at radius 3 is 2.83 bits per heavy atom. The zero-order chi connectivity index (χ0) is 16.7. The van der Waals surface area contributed by atoms with Gasteiger partial charge in [0.15, 0.2) is 17.3 Å². The quantitative estimate of drug-likeness (QED) is 0.651. The van der Waals surface area contributed by atoms with Gasteiger partial charge in [-0.25, -0.2) is 18.6 Å². The van der Waals surface area contributed by atoms with E-state index in [0.29, 0.717) is 28.8 Å². The molecule has 4 rings (SSSR count). The van der Waals surface area contributed by atoms with Gasteiger partial charge in [-0.15, -0.1) is 0 Å². The predicted molar refractivity (Wildman–Crippen MR) is 90.8 cm³/mol. The van der Waals surface area contributed by atoms with Crippen molar-refractivity contribution < 1.29 is 8.60 Å². The minimum atomic E-state index is -2.22. The van der Waals surface area contributed by atoms with Crippen LogP contribution in [0.3, 0.4) is 0 Å². The van der Waals surface area contributed by atoms with Crippen molar-refractivity contribution in [3.8, 4) is 5.82 Å². The molecule has 1 saturated heterocycles. The van der Waals surface area contributed by atoms with E-state index in [9.17, 15) is 8.60 Å². The fourth-order valence-electron chi connectivity index (χ4n) is 2.74. The fraction of sp³-hybridized carbons (Fsp3) is 0.267. The largest absolute Gasteiger partial charge is 0.282 e. The molecule has 124 valence electrons. The Bertz CT molecular complexity index is 1050. The molecule has 0 spiro atoms. The maximum absolute atomic E-state index is 14.1. The smallest absolute Gasteiger partial charge is 0.224 e. The molecule has 3 aromatic rings. The predicted octanol–water partition coefficient (Wildman–Crippen LogP) is 3.50. The number of aromatic nitrogens is 4. The first-order valence-electron chi connectivity index (χ1n) is 7.43. The summed E-state index contributed by atoms with van der Waals surface area (Å²) in [6, 6.07) is 5.14. The Labute approximate surface area is 142 Å². The highest BCUT2D eigenvalue weighted by atomic mass is 35.5. The first kappa shape index (κ1) is 15.5. The molecule has 0 aromatic carbocycles. The molecule has 4 heterocycles. The molecule has 0 aliphatic carbocycles. The standard InChI is InChI=1S/C15H13ClFN5OS/c16-15-18-8-10-11(17)9-22(14(10)20-15)13-5-3-4-12(19-13)21-24(23)6-1-2-7-24/h3-5,8-9H,1-2,6-7H2. The van der Waals surface area contributed by atoms with Gasteiger partial charge in [-0.05, 0) is 36.6 Å². The Hall–Kier alpha value is -2.06. The Balaban J connectivity index is 1.85. The zero-order valence-corrected chi connectivity index (χ0v) is 14.1. The van der Waals surface area contributed by atoms with E-state index < -0.39 is 15.5 Å². The molecular weight excluding hydrogens is 353 g/mol. The van der Waals surface area contributed by atoms with E-state index in [0.717, 1.165) is 12.8 Å². The van der Waals surface area contributed by atoms with Crippen LogP contribution in [0.4, 0.5) is 10.2 Å². The van der Waals surface area contributed by atoms with E-state index in [4.69, 9.17) is 11.6 Å². The summed E-state index contributed by atoms with van der Waals surface area (Å²) in [7, 11) is -2.22. The van der Waals surface area contributed by atoms with Gasteiger partial charge in [0.2, 0.25) is 5.28 Å². The van der Waals surface area contributed by atoms with Gasteiger partial charge < -0.3 is 0 Å². The minimum absolute atomic E-state index is 0.0246. The third kappa shape index (κ3) is 2.76. The molecule has 0 radical (unpaired) electrons. The van der Waals surface area contributed by atoms with E-state index in [1.54, 1.807) is 18.2 Å². The molecule has 3 aromatic heterocycles. The molecule has 0 unspecified atom stereocenters. The molecule has 1 aliphatic heterocycles. The lowest BCUT2D eigenvalue weighted by Gasteiger charge is -2.05. The number of rotatable bonds is 2. The third-order valence-corrected chi connectivity index (χ3v) is 6.43. The highest BCUT2D eigenvalue weighted by molar-refractivity contribution is 7.93. The number of hydrogen-bond donors (Lipinski definition) is 0. The topological polar surface area (TPSA) is 73.0 Å². The van der Waals surface area contributed by atoms with Gasteiger partial charge in [0.25, 0.3) is 0 Å². The normalized spacial score (nSPS) is 16.6. The summed E-state index contributed by atoms with van der Waals surface area (Å²) in [5.74, 6) is 1.54. The van der Waals surface area contributed by atoms with Crippen LogP contribution < -0.4 is 0 Å². The van der Waals surface area contributed by atoms with Gasteiger partial charge in [0.05, 0.1) is 15.1 Å². The van der Waals surface area contributed by atoms with Crippen LogP contribution in [0.25, 0.3) is 16.9 Å². The van der Waals surface area contributed by atoms with Crippen molar-refractivity contribution in [2.24, 2.45) is 4.36 Å². The summed E-state index contributed by atoms with van der Waals surface area (Å²) in [5, 5.41) is 0.279. The van der Waals surface area contributed by atoms with Crippen molar-refractivity contribution >= 4 is 38.2 Å². The van der Waals surface area contributed by atoms with E-state index >= 15 is 0 Å². The molecule has 0 saturated carbocycles. The summed E-state index contributed by atoms with van der Waals surface area (Å²) in [6.45, 7) is 0. The Morgan fingerprint density at radius 1 is 1.25 bits per heavy atom. The summed E-state index contributed by atoms with van der Waals surface area (Å²) in [6.07, 6.45) is 4.45. The maximum Gasteiger partial charge on any atom is 0.224 e. The first-order valence-corrected chi connectivity index (χ1v) is 9.66. The van der Waals surface area contributed by atoms with Crippen molar-refractivity contribution in [3.05, 3.63) is 41.7 Å². The number of hydrogen-bond acceptors (Lipinski definition) is 5. The lowest BCUT2D eigenvalue weighted by molar-refractivity contribution is 0.635. The Morgan fingerprint density at radius 2 is 2.04 bits per heavy atom. The summed E-state index contributed by atoms with van der Waals surface area (Å²) in [4.78, 5) is 12.3. The van der Waals surface area contributed by atoms with Gasteiger partial charge in [-0.1, -0.05) is 6.07 Å². The van der Waals surface area contributed by atoms with Crippen LogP contribution in [0.1, 0.15) is 12.8 Å². The van der Waals surface area contributed by atoms with Crippen molar-refractivity contribution in [2.45, 2.75) is 12.8 Å². The molecule has 24 heavy (non-hydrogen) atoms. The lowest BCUT2D eigenvalue weighted by Crippen LogP contribution is -2.01. The van der Waals surface area contributed by atoms with Gasteiger partial charge >= 0.3 is 0 Å². The van der Waals surface area contributed by atoms with Crippen LogP contribution in [0.5, 0.6) is 0 Å². The van der Waals surface area contributed by atoms with E-state index in [2.05, 4.69) is 19.3 Å². The molecular formula is C15H13ClFN5OS. The van der Waals surface area contributed by atoms with Crippen molar-refractivity contribution in [1.82, 2.24) is 19.5 Å². The number of fused-ring (bicyclic) bond motifs is 1. The second-order valence-corrected chi connectivity index (χ2v) is 8.44. The summed E-state index contributed by atoms with van der Waals surface area (Å²) < 4.78 is 32.4. The van der Waals surface area contributed by atoms with Crippen LogP contribution in [-0.2, 0) is 9.73 Å².